The van der Waals surface area contributed by atoms with Crippen LogP contribution in [0.5, 0.6) is 0 Å². The molecule has 1 atom stereocenters. The number of aliphatic hydroxyl groups excluding tert-OH is 1. The molecule has 13 heteroatoms. The van der Waals surface area contributed by atoms with Gasteiger partial charge in [0, 0.05) is 44.5 Å². The van der Waals surface area contributed by atoms with Crippen LogP contribution < -0.4 is 0 Å². The monoisotopic (exact) mass is 481 g/mol. The van der Waals surface area contributed by atoms with Crippen molar-refractivity contribution in [2.24, 2.45) is 0 Å². The maximum absolute atomic E-state index is 12.8. The van der Waals surface area contributed by atoms with Gasteiger partial charge < -0.3 is 19.5 Å². The lowest BCUT2D eigenvalue weighted by atomic mass is 9.90. The number of hydrogen-bond donors (Lipinski definition) is 1. The van der Waals surface area contributed by atoms with Gasteiger partial charge in [-0.3, -0.25) is 4.98 Å². The van der Waals surface area contributed by atoms with Gasteiger partial charge >= 0.3 is 12.3 Å². The summed E-state index contributed by atoms with van der Waals surface area (Å²) in [5, 5.41) is 8.83. The summed E-state index contributed by atoms with van der Waals surface area (Å²) in [5.74, 6) is -0.0987. The first kappa shape index (κ1) is 24.7. The molecule has 0 bridgehead atoms. The van der Waals surface area contributed by atoms with Gasteiger partial charge in [0.25, 0.3) is 0 Å². The maximum atomic E-state index is 12.8. The molecule has 0 aliphatic carbocycles. The highest BCUT2D eigenvalue weighted by molar-refractivity contribution is 7.89. The van der Waals surface area contributed by atoms with Gasteiger partial charge in [-0.05, 0) is 25.0 Å². The van der Waals surface area contributed by atoms with Crippen LogP contribution in [-0.2, 0) is 25.9 Å². The van der Waals surface area contributed by atoms with Crippen molar-refractivity contribution >= 4 is 16.1 Å². The Bertz CT molecular complexity index is 876. The van der Waals surface area contributed by atoms with Crippen LogP contribution >= 0.6 is 0 Å². The summed E-state index contributed by atoms with van der Waals surface area (Å²) in [6.45, 7) is -0.743. The molecule has 1 amide bonds. The molecule has 9 nitrogen and oxygen atoms in total. The van der Waals surface area contributed by atoms with Gasteiger partial charge in [-0.2, -0.15) is 17.5 Å². The van der Waals surface area contributed by atoms with Crippen LogP contribution in [0.1, 0.15) is 18.5 Å². The van der Waals surface area contributed by atoms with E-state index in [1.807, 2.05) is 0 Å². The number of pyridine rings is 1. The number of rotatable bonds is 6. The zero-order valence-corrected chi connectivity index (χ0v) is 18.1. The molecule has 3 rings (SSSR count). The van der Waals surface area contributed by atoms with Crippen molar-refractivity contribution in [1.82, 2.24) is 14.2 Å². The first-order chi connectivity index (χ1) is 15.0. The number of aromatic nitrogens is 1. The highest BCUT2D eigenvalue weighted by Gasteiger charge is 2.46. The second kappa shape index (κ2) is 9.89. The van der Waals surface area contributed by atoms with E-state index in [2.05, 4.69) is 9.72 Å². The van der Waals surface area contributed by atoms with Crippen LogP contribution in [0.25, 0.3) is 0 Å². The number of sulfonamides is 1. The molecule has 1 aromatic rings. The Morgan fingerprint density at radius 3 is 2.59 bits per heavy atom. The largest absolute Gasteiger partial charge is 0.434 e. The molecular formula is C19H26F3N3O6S. The molecule has 2 fully saturated rings. The molecule has 0 radical (unpaired) electrons. The van der Waals surface area contributed by atoms with Crippen molar-refractivity contribution in [2.75, 3.05) is 45.1 Å². The number of amides is 1. The van der Waals surface area contributed by atoms with Gasteiger partial charge in [0.15, 0.2) is 0 Å². The number of aryl methyl sites for hydroxylation is 1. The molecule has 0 saturated carbocycles. The minimum atomic E-state index is -4.86. The molecule has 1 spiro atoms. The average molecular weight is 481 g/mol. The molecule has 2 saturated heterocycles. The SMILES string of the molecule is O=C(OC(CO)C(F)(F)F)N1CCC2(CC1)CN(S(=O)(=O)CCc1ccccn1)CCO2. The molecule has 2 aliphatic rings. The molecule has 1 aromatic heterocycles. The lowest BCUT2D eigenvalue weighted by Crippen LogP contribution is -2.59. The van der Waals surface area contributed by atoms with Crippen molar-refractivity contribution in [1.29, 1.82) is 0 Å². The van der Waals surface area contributed by atoms with Crippen molar-refractivity contribution in [3.8, 4) is 0 Å². The smallest absolute Gasteiger partial charge is 0.427 e. The van der Waals surface area contributed by atoms with Crippen LogP contribution in [0.4, 0.5) is 18.0 Å². The van der Waals surface area contributed by atoms with Gasteiger partial charge in [0.05, 0.1) is 24.6 Å². The van der Waals surface area contributed by atoms with Crippen molar-refractivity contribution in [3.05, 3.63) is 30.1 Å². The van der Waals surface area contributed by atoms with Gasteiger partial charge in [-0.15, -0.1) is 0 Å². The zero-order chi connectivity index (χ0) is 23.4. The predicted octanol–water partition coefficient (Wildman–Crippen LogP) is 1.18. The number of nitrogens with zero attached hydrogens (tertiary/aromatic N) is 3. The normalized spacial score (nSPS) is 20.8. The summed E-state index contributed by atoms with van der Waals surface area (Å²) < 4.78 is 75.4. The van der Waals surface area contributed by atoms with Gasteiger partial charge in [0.1, 0.15) is 0 Å². The fraction of sp³-hybridized carbons (Fsp3) is 0.684. The van der Waals surface area contributed by atoms with Crippen LogP contribution in [0, 0.1) is 0 Å². The third-order valence-electron chi connectivity index (χ3n) is 5.66. The first-order valence-electron chi connectivity index (χ1n) is 10.2. The molecule has 180 valence electrons. The van der Waals surface area contributed by atoms with Gasteiger partial charge in [-0.25, -0.2) is 13.2 Å². The van der Waals surface area contributed by atoms with Crippen LogP contribution in [-0.4, -0.2) is 96.8 Å². The minimum absolute atomic E-state index is 0.0522. The maximum Gasteiger partial charge on any atom is 0.427 e. The second-order valence-corrected chi connectivity index (χ2v) is 9.92. The zero-order valence-electron chi connectivity index (χ0n) is 17.3. The molecule has 1 N–H and O–H groups in total. The Hall–Kier alpha value is -1.96. The Balaban J connectivity index is 1.55. The highest BCUT2D eigenvalue weighted by atomic mass is 32.2. The van der Waals surface area contributed by atoms with E-state index in [1.54, 1.807) is 24.4 Å². The summed E-state index contributed by atoms with van der Waals surface area (Å²) >= 11 is 0. The van der Waals surface area contributed by atoms with Gasteiger partial charge in [-0.1, -0.05) is 6.07 Å². The first-order valence-corrected chi connectivity index (χ1v) is 11.8. The molecule has 3 heterocycles. The second-order valence-electron chi connectivity index (χ2n) is 7.84. The third-order valence-corrected chi connectivity index (χ3v) is 7.47. The fourth-order valence-electron chi connectivity index (χ4n) is 3.76. The summed E-state index contributed by atoms with van der Waals surface area (Å²) in [7, 11) is -3.57. The Morgan fingerprint density at radius 2 is 2.00 bits per heavy atom. The van der Waals surface area contributed by atoms with Crippen LogP contribution in [0.2, 0.25) is 0 Å². The quantitative estimate of drug-likeness (QED) is 0.650. The fourth-order valence-corrected chi connectivity index (χ4v) is 5.27. The number of aliphatic hydroxyl groups is 1. The van der Waals surface area contributed by atoms with E-state index in [-0.39, 0.29) is 57.8 Å². The van der Waals surface area contributed by atoms with Crippen molar-refractivity contribution in [2.45, 2.75) is 37.1 Å². The number of alkyl halides is 3. The number of piperidine rings is 1. The Kier molecular flexibility index (Phi) is 7.63. The predicted molar refractivity (Wildman–Crippen MR) is 106 cm³/mol. The number of carbonyl (C=O) groups excluding carboxylic acids is 1. The topological polar surface area (TPSA) is 109 Å². The summed E-state index contributed by atoms with van der Waals surface area (Å²) in [5.41, 5.74) is -0.140. The lowest BCUT2D eigenvalue weighted by molar-refractivity contribution is -0.215. The number of likely N-dealkylation sites (tertiary alicyclic amines) is 1. The molecular weight excluding hydrogens is 455 g/mol. The van der Waals surface area contributed by atoms with E-state index < -0.39 is 40.6 Å². The Labute approximate surface area is 184 Å². The molecule has 0 aromatic carbocycles. The van der Waals surface area contributed by atoms with Crippen molar-refractivity contribution in [3.63, 3.8) is 0 Å². The number of ether oxygens (including phenoxy) is 2. The van der Waals surface area contributed by atoms with Crippen LogP contribution in [0.3, 0.4) is 0 Å². The van der Waals surface area contributed by atoms with E-state index in [4.69, 9.17) is 9.84 Å². The molecule has 32 heavy (non-hydrogen) atoms. The van der Waals surface area contributed by atoms with E-state index in [0.717, 1.165) is 4.90 Å². The summed E-state index contributed by atoms with van der Waals surface area (Å²) in [6.07, 6.45) is -6.24. The van der Waals surface area contributed by atoms with E-state index >= 15 is 0 Å². The highest BCUT2D eigenvalue weighted by Crippen LogP contribution is 2.32. The van der Waals surface area contributed by atoms with E-state index in [0.29, 0.717) is 5.69 Å². The van der Waals surface area contributed by atoms with Crippen LogP contribution in [0.15, 0.2) is 24.4 Å². The van der Waals surface area contributed by atoms with Crippen molar-refractivity contribution < 1.29 is 41.0 Å². The van der Waals surface area contributed by atoms with Gasteiger partial charge in [0.2, 0.25) is 16.1 Å². The van der Waals surface area contributed by atoms with E-state index in [9.17, 15) is 26.4 Å². The lowest BCUT2D eigenvalue weighted by Gasteiger charge is -2.46. The van der Waals surface area contributed by atoms with E-state index in [1.165, 1.54) is 4.31 Å². The molecule has 2 aliphatic heterocycles. The number of halogens is 3. The number of hydrogen-bond acceptors (Lipinski definition) is 7. The third kappa shape index (κ3) is 6.09. The number of morpholine rings is 1. The summed E-state index contributed by atoms with van der Waals surface area (Å²) in [4.78, 5) is 17.3. The average Bonchev–Trinajstić information content (AvgIpc) is 2.76. The standard InChI is InChI=1S/C19H26F3N3O6S/c20-19(21,22)16(13-26)31-17(27)24-8-5-18(6-9-24)14-25(10-11-30-18)32(28,29)12-4-15-3-1-2-7-23-15/h1-3,7,16,26H,4-6,8-14H2. The number of carbonyl (C=O) groups is 1. The minimum Gasteiger partial charge on any atom is -0.434 e. The summed E-state index contributed by atoms with van der Waals surface area (Å²) in [6, 6.07) is 5.29. The Morgan fingerprint density at radius 1 is 1.28 bits per heavy atom. The molecule has 1 unspecified atom stereocenters.